The SMILES string of the molecule is COc1ccc(C(=O)N2c3ccccc3[C@H](N(C(C)=O)C3CC3)C[C@@H]2C)cc1. The Bertz CT molecular complexity index is 889. The molecule has 146 valence electrons. The van der Waals surface area contributed by atoms with Gasteiger partial charge in [-0.3, -0.25) is 9.59 Å². The summed E-state index contributed by atoms with van der Waals surface area (Å²) >= 11 is 0. The maximum Gasteiger partial charge on any atom is 0.258 e. The Labute approximate surface area is 165 Å². The van der Waals surface area contributed by atoms with Gasteiger partial charge in [0.1, 0.15) is 5.75 Å². The number of ether oxygens (including phenoxy) is 1. The second-order valence-corrected chi connectivity index (χ2v) is 7.72. The van der Waals surface area contributed by atoms with Crippen LogP contribution in [0.5, 0.6) is 5.75 Å². The number of methoxy groups -OCH3 is 1. The molecule has 1 fully saturated rings. The van der Waals surface area contributed by atoms with Crippen LogP contribution in [0.1, 0.15) is 55.1 Å². The zero-order valence-electron chi connectivity index (χ0n) is 16.6. The lowest BCUT2D eigenvalue weighted by Crippen LogP contribution is -2.47. The fraction of sp³-hybridized carbons (Fsp3) is 0.391. The molecular formula is C23H26N2O3. The molecule has 0 spiro atoms. The number of hydrogen-bond donors (Lipinski definition) is 0. The average Bonchev–Trinajstić information content (AvgIpc) is 3.52. The Morgan fingerprint density at radius 1 is 1.07 bits per heavy atom. The van der Waals surface area contributed by atoms with Crippen molar-refractivity contribution < 1.29 is 14.3 Å². The second-order valence-electron chi connectivity index (χ2n) is 7.72. The first-order valence-electron chi connectivity index (χ1n) is 9.86. The van der Waals surface area contributed by atoms with Crippen molar-refractivity contribution in [1.29, 1.82) is 0 Å². The van der Waals surface area contributed by atoms with E-state index in [9.17, 15) is 9.59 Å². The molecule has 1 saturated carbocycles. The normalized spacial score (nSPS) is 21.0. The first-order chi connectivity index (χ1) is 13.5. The van der Waals surface area contributed by atoms with Crippen LogP contribution >= 0.6 is 0 Å². The highest BCUT2D eigenvalue weighted by molar-refractivity contribution is 6.07. The van der Waals surface area contributed by atoms with Crippen LogP contribution in [0.2, 0.25) is 0 Å². The molecule has 1 heterocycles. The third-order valence-corrected chi connectivity index (χ3v) is 5.76. The highest BCUT2D eigenvalue weighted by atomic mass is 16.5. The lowest BCUT2D eigenvalue weighted by atomic mass is 9.89. The van der Waals surface area contributed by atoms with E-state index in [0.717, 1.165) is 36.3 Å². The minimum Gasteiger partial charge on any atom is -0.497 e. The maximum atomic E-state index is 13.3. The lowest BCUT2D eigenvalue weighted by molar-refractivity contribution is -0.132. The molecule has 1 aliphatic heterocycles. The molecule has 0 saturated heterocycles. The van der Waals surface area contributed by atoms with Crippen LogP contribution in [-0.2, 0) is 4.79 Å². The highest BCUT2D eigenvalue weighted by Crippen LogP contribution is 2.44. The van der Waals surface area contributed by atoms with Crippen LogP contribution in [-0.4, -0.2) is 35.9 Å². The third kappa shape index (κ3) is 3.26. The number of rotatable bonds is 4. The number of amides is 2. The molecule has 1 aliphatic carbocycles. The number of anilines is 1. The molecule has 4 rings (SSSR count). The number of benzene rings is 2. The third-order valence-electron chi connectivity index (χ3n) is 5.76. The fourth-order valence-corrected chi connectivity index (χ4v) is 4.31. The van der Waals surface area contributed by atoms with Gasteiger partial charge in [-0.25, -0.2) is 0 Å². The van der Waals surface area contributed by atoms with Gasteiger partial charge in [0.15, 0.2) is 0 Å². The van der Waals surface area contributed by atoms with E-state index in [1.165, 1.54) is 0 Å². The summed E-state index contributed by atoms with van der Waals surface area (Å²) in [5.74, 6) is 0.816. The molecule has 0 unspecified atom stereocenters. The number of carbonyl (C=O) groups is 2. The van der Waals surface area contributed by atoms with Gasteiger partial charge in [-0.1, -0.05) is 18.2 Å². The van der Waals surface area contributed by atoms with Crippen molar-refractivity contribution in [1.82, 2.24) is 4.90 Å². The van der Waals surface area contributed by atoms with Gasteiger partial charge in [0.05, 0.1) is 13.2 Å². The lowest BCUT2D eigenvalue weighted by Gasteiger charge is -2.43. The van der Waals surface area contributed by atoms with Gasteiger partial charge in [-0.2, -0.15) is 0 Å². The molecule has 2 aliphatic rings. The molecule has 2 aromatic rings. The Hall–Kier alpha value is -2.82. The number of hydrogen-bond acceptors (Lipinski definition) is 3. The molecule has 2 aromatic carbocycles. The quantitative estimate of drug-likeness (QED) is 0.802. The van der Waals surface area contributed by atoms with Crippen molar-refractivity contribution in [3.63, 3.8) is 0 Å². The minimum atomic E-state index is -0.0261. The summed E-state index contributed by atoms with van der Waals surface area (Å²) in [5.41, 5.74) is 2.59. The molecule has 0 aromatic heterocycles. The molecule has 0 N–H and O–H groups in total. The molecule has 5 nitrogen and oxygen atoms in total. The molecule has 28 heavy (non-hydrogen) atoms. The first kappa shape index (κ1) is 18.5. The van der Waals surface area contributed by atoms with Crippen molar-refractivity contribution >= 4 is 17.5 Å². The van der Waals surface area contributed by atoms with Gasteiger partial charge in [0, 0.05) is 30.3 Å². The smallest absolute Gasteiger partial charge is 0.258 e. The van der Waals surface area contributed by atoms with Gasteiger partial charge in [-0.15, -0.1) is 0 Å². The topological polar surface area (TPSA) is 49.9 Å². The standard InChI is InChI=1S/C23H26N2O3/c1-15-14-22(25(16(2)26)18-10-11-18)20-6-4-5-7-21(20)24(15)23(27)17-8-12-19(28-3)13-9-17/h4-9,12-13,15,18,22H,10-11,14H2,1-3H3/t15-,22+/m0/s1. The Morgan fingerprint density at radius 3 is 2.36 bits per heavy atom. The maximum absolute atomic E-state index is 13.3. The summed E-state index contributed by atoms with van der Waals surface area (Å²) in [6.07, 6.45) is 2.89. The molecule has 2 atom stereocenters. The van der Waals surface area contributed by atoms with Crippen molar-refractivity contribution in [2.24, 2.45) is 0 Å². The Kier molecular flexibility index (Phi) is 4.84. The second kappa shape index (κ2) is 7.30. The largest absolute Gasteiger partial charge is 0.497 e. The summed E-state index contributed by atoms with van der Waals surface area (Å²) in [5, 5.41) is 0. The van der Waals surface area contributed by atoms with Crippen LogP contribution in [0.25, 0.3) is 0 Å². The first-order valence-corrected chi connectivity index (χ1v) is 9.86. The number of nitrogens with zero attached hydrogens (tertiary/aromatic N) is 2. The van der Waals surface area contributed by atoms with Crippen LogP contribution in [0, 0.1) is 0 Å². The number of para-hydroxylation sites is 1. The van der Waals surface area contributed by atoms with Gasteiger partial charge < -0.3 is 14.5 Å². The van der Waals surface area contributed by atoms with Gasteiger partial charge in [0.25, 0.3) is 5.91 Å². The number of fused-ring (bicyclic) bond motifs is 1. The molecule has 2 amide bonds. The monoisotopic (exact) mass is 378 g/mol. The summed E-state index contributed by atoms with van der Waals surface area (Å²) in [4.78, 5) is 29.6. The molecule has 0 radical (unpaired) electrons. The minimum absolute atomic E-state index is 0.00454. The van der Waals surface area contributed by atoms with E-state index in [2.05, 4.69) is 13.0 Å². The summed E-state index contributed by atoms with van der Waals surface area (Å²) in [6.45, 7) is 3.72. The fourth-order valence-electron chi connectivity index (χ4n) is 4.31. The zero-order chi connectivity index (χ0) is 19.8. The van der Waals surface area contributed by atoms with E-state index in [1.54, 1.807) is 38.3 Å². The van der Waals surface area contributed by atoms with Crippen LogP contribution in [0.4, 0.5) is 5.69 Å². The van der Waals surface area contributed by atoms with E-state index in [4.69, 9.17) is 4.74 Å². The van der Waals surface area contributed by atoms with Gasteiger partial charge in [-0.05, 0) is 62.1 Å². The molecule has 0 bridgehead atoms. The van der Waals surface area contributed by atoms with E-state index in [-0.39, 0.29) is 23.9 Å². The summed E-state index contributed by atoms with van der Waals surface area (Å²) in [7, 11) is 1.61. The van der Waals surface area contributed by atoms with E-state index < -0.39 is 0 Å². The zero-order valence-corrected chi connectivity index (χ0v) is 16.6. The summed E-state index contributed by atoms with van der Waals surface area (Å²) in [6, 6.07) is 15.6. The van der Waals surface area contributed by atoms with Crippen molar-refractivity contribution in [3.8, 4) is 5.75 Å². The van der Waals surface area contributed by atoms with Crippen molar-refractivity contribution in [3.05, 3.63) is 59.7 Å². The van der Waals surface area contributed by atoms with Gasteiger partial charge >= 0.3 is 0 Å². The summed E-state index contributed by atoms with van der Waals surface area (Å²) < 4.78 is 5.20. The van der Waals surface area contributed by atoms with Crippen molar-refractivity contribution in [2.45, 2.75) is 51.2 Å². The van der Waals surface area contributed by atoms with Crippen LogP contribution in [0.3, 0.4) is 0 Å². The Morgan fingerprint density at radius 2 is 1.75 bits per heavy atom. The van der Waals surface area contributed by atoms with E-state index in [1.807, 2.05) is 28.0 Å². The van der Waals surface area contributed by atoms with Crippen LogP contribution in [0.15, 0.2) is 48.5 Å². The molecule has 5 heteroatoms. The predicted octanol–water partition coefficient (Wildman–Crippen LogP) is 4.19. The van der Waals surface area contributed by atoms with Crippen molar-refractivity contribution in [2.75, 3.05) is 12.0 Å². The van der Waals surface area contributed by atoms with Crippen LogP contribution < -0.4 is 9.64 Å². The molecular weight excluding hydrogens is 352 g/mol. The Balaban J connectivity index is 1.71. The highest BCUT2D eigenvalue weighted by Gasteiger charge is 2.42. The predicted molar refractivity (Wildman–Crippen MR) is 109 cm³/mol. The number of carbonyl (C=O) groups excluding carboxylic acids is 2. The average molecular weight is 378 g/mol. The van der Waals surface area contributed by atoms with E-state index >= 15 is 0 Å². The van der Waals surface area contributed by atoms with E-state index in [0.29, 0.717) is 11.6 Å². The van der Waals surface area contributed by atoms with Gasteiger partial charge in [0.2, 0.25) is 5.91 Å².